The molecule has 7 nitrogen and oxygen atoms in total. The molecule has 0 bridgehead atoms. The van der Waals surface area contributed by atoms with Crippen molar-refractivity contribution >= 4 is 39.7 Å². The molecule has 0 radical (unpaired) electrons. The molecule has 0 spiro atoms. The van der Waals surface area contributed by atoms with Crippen LogP contribution in [0.5, 0.6) is 5.75 Å². The van der Waals surface area contributed by atoms with Crippen molar-refractivity contribution in [3.05, 3.63) is 10.9 Å². The van der Waals surface area contributed by atoms with Crippen LogP contribution >= 0.6 is 23.7 Å². The molecule has 1 aromatic heterocycles. The van der Waals surface area contributed by atoms with Gasteiger partial charge in [-0.2, -0.15) is 0 Å². The van der Waals surface area contributed by atoms with Crippen LogP contribution in [0.2, 0.25) is 0 Å². The number of hydrogen-bond donors (Lipinski definition) is 2. The second kappa shape index (κ2) is 11.1. The van der Waals surface area contributed by atoms with Gasteiger partial charge in [-0.25, -0.2) is 17.9 Å². The lowest BCUT2D eigenvalue weighted by Crippen LogP contribution is -2.36. The maximum absolute atomic E-state index is 12.5. The lowest BCUT2D eigenvalue weighted by molar-refractivity contribution is 0.0606. The molecule has 1 fully saturated rings. The maximum Gasteiger partial charge on any atom is 0.348 e. The summed E-state index contributed by atoms with van der Waals surface area (Å²) in [5.74, 6) is -0.436. The Kier molecular flexibility index (Phi) is 9.88. The molecular formula is C16H27ClN2O5S2. The smallest absolute Gasteiger partial charge is 0.348 e. The molecule has 1 aromatic rings. The SMILES string of the molecule is COC(=O)c1cc(OC)c(S(=O)(=O)NCCNC2CCCCCC2)s1.Cl. The summed E-state index contributed by atoms with van der Waals surface area (Å²) in [5, 5.41) is 3.42. The zero-order chi connectivity index (χ0) is 18.3. The van der Waals surface area contributed by atoms with Gasteiger partial charge in [0.1, 0.15) is 4.88 Å². The van der Waals surface area contributed by atoms with Gasteiger partial charge in [-0.05, 0) is 12.8 Å². The van der Waals surface area contributed by atoms with Crippen LogP contribution in [0, 0.1) is 0 Å². The molecule has 2 rings (SSSR count). The molecule has 1 heterocycles. The predicted octanol–water partition coefficient (Wildman–Crippen LogP) is 2.56. The summed E-state index contributed by atoms with van der Waals surface area (Å²) in [6.45, 7) is 0.856. The average molecular weight is 427 g/mol. The molecule has 150 valence electrons. The van der Waals surface area contributed by atoms with Crippen LogP contribution in [0.15, 0.2) is 10.3 Å². The van der Waals surface area contributed by atoms with Crippen molar-refractivity contribution < 1.29 is 22.7 Å². The van der Waals surface area contributed by atoms with Crippen molar-refractivity contribution in [2.45, 2.75) is 48.8 Å². The van der Waals surface area contributed by atoms with E-state index in [0.29, 0.717) is 12.6 Å². The minimum absolute atomic E-state index is 0. The molecule has 0 amide bonds. The van der Waals surface area contributed by atoms with E-state index in [4.69, 9.17) is 4.74 Å². The van der Waals surface area contributed by atoms with Gasteiger partial charge in [-0.3, -0.25) is 0 Å². The van der Waals surface area contributed by atoms with Gasteiger partial charge in [0.05, 0.1) is 14.2 Å². The molecule has 0 aromatic carbocycles. The van der Waals surface area contributed by atoms with E-state index in [-0.39, 0.29) is 33.8 Å². The number of methoxy groups -OCH3 is 2. The number of hydrogen-bond acceptors (Lipinski definition) is 7. The molecule has 1 aliphatic carbocycles. The second-order valence-electron chi connectivity index (χ2n) is 6.00. The summed E-state index contributed by atoms with van der Waals surface area (Å²) >= 11 is 0.842. The summed E-state index contributed by atoms with van der Waals surface area (Å²) in [6, 6.07) is 1.85. The van der Waals surface area contributed by atoms with Crippen molar-refractivity contribution in [3.8, 4) is 5.75 Å². The Morgan fingerprint density at radius 3 is 2.42 bits per heavy atom. The van der Waals surface area contributed by atoms with Gasteiger partial charge in [0.15, 0.2) is 9.96 Å². The highest BCUT2D eigenvalue weighted by atomic mass is 35.5. The van der Waals surface area contributed by atoms with Gasteiger partial charge in [-0.15, -0.1) is 23.7 Å². The van der Waals surface area contributed by atoms with Crippen molar-refractivity contribution in [2.75, 3.05) is 27.3 Å². The minimum atomic E-state index is -3.74. The molecule has 2 N–H and O–H groups in total. The maximum atomic E-state index is 12.5. The molecular weight excluding hydrogens is 400 g/mol. The number of esters is 1. The summed E-state index contributed by atoms with van der Waals surface area (Å²) < 4.78 is 37.2. The van der Waals surface area contributed by atoms with Gasteiger partial charge in [0, 0.05) is 25.2 Å². The van der Waals surface area contributed by atoms with Gasteiger partial charge in [0.25, 0.3) is 10.0 Å². The molecule has 0 saturated heterocycles. The Hall–Kier alpha value is -0.870. The third-order valence-corrected chi connectivity index (χ3v) is 7.29. The Bertz CT molecular complexity index is 670. The van der Waals surface area contributed by atoms with Gasteiger partial charge in [0.2, 0.25) is 0 Å². The second-order valence-corrected chi connectivity index (χ2v) is 9.01. The van der Waals surface area contributed by atoms with E-state index in [0.717, 1.165) is 24.2 Å². The fourth-order valence-corrected chi connectivity index (χ4v) is 5.47. The van der Waals surface area contributed by atoms with E-state index in [1.807, 2.05) is 0 Å². The van der Waals surface area contributed by atoms with Crippen molar-refractivity contribution in [2.24, 2.45) is 0 Å². The highest BCUT2D eigenvalue weighted by Gasteiger charge is 2.25. The third kappa shape index (κ3) is 6.38. The van der Waals surface area contributed by atoms with Gasteiger partial charge >= 0.3 is 5.97 Å². The number of ether oxygens (including phenoxy) is 2. The fourth-order valence-electron chi connectivity index (χ4n) is 2.90. The number of nitrogens with one attached hydrogen (secondary N) is 2. The number of rotatable bonds is 8. The molecule has 1 saturated carbocycles. The number of carbonyl (C=O) groups is 1. The molecule has 0 unspecified atom stereocenters. The predicted molar refractivity (Wildman–Crippen MR) is 104 cm³/mol. The molecule has 26 heavy (non-hydrogen) atoms. The Balaban J connectivity index is 0.00000338. The van der Waals surface area contributed by atoms with E-state index >= 15 is 0 Å². The van der Waals surface area contributed by atoms with E-state index < -0.39 is 16.0 Å². The Morgan fingerprint density at radius 2 is 1.85 bits per heavy atom. The van der Waals surface area contributed by atoms with Crippen LogP contribution in [-0.4, -0.2) is 47.7 Å². The van der Waals surface area contributed by atoms with Crippen LogP contribution < -0.4 is 14.8 Å². The first-order chi connectivity index (χ1) is 12.0. The number of sulfonamides is 1. The summed E-state index contributed by atoms with van der Waals surface area (Å²) in [5.41, 5.74) is 0. The van der Waals surface area contributed by atoms with Crippen molar-refractivity contribution in [1.82, 2.24) is 10.0 Å². The highest BCUT2D eigenvalue weighted by molar-refractivity contribution is 7.91. The van der Waals surface area contributed by atoms with Gasteiger partial charge in [-0.1, -0.05) is 25.7 Å². The number of carbonyl (C=O) groups excluding carboxylic acids is 1. The normalized spacial score (nSPS) is 15.8. The first kappa shape index (κ1) is 23.2. The average Bonchev–Trinajstić information content (AvgIpc) is 2.89. The number of thiophene rings is 1. The Labute approximate surface area is 165 Å². The summed E-state index contributed by atoms with van der Waals surface area (Å²) in [6.07, 6.45) is 7.32. The van der Waals surface area contributed by atoms with E-state index in [2.05, 4.69) is 14.8 Å². The van der Waals surface area contributed by atoms with Crippen LogP contribution in [-0.2, 0) is 14.8 Å². The minimum Gasteiger partial charge on any atom is -0.494 e. The van der Waals surface area contributed by atoms with E-state index in [9.17, 15) is 13.2 Å². The largest absolute Gasteiger partial charge is 0.494 e. The lowest BCUT2D eigenvalue weighted by Gasteiger charge is -2.16. The fraction of sp³-hybridized carbons (Fsp3) is 0.688. The van der Waals surface area contributed by atoms with E-state index in [1.54, 1.807) is 0 Å². The summed E-state index contributed by atoms with van der Waals surface area (Å²) in [4.78, 5) is 11.8. The standard InChI is InChI=1S/C16H26N2O5S2.ClH/c1-22-13-11-14(15(19)23-2)24-16(13)25(20,21)18-10-9-17-12-7-5-3-4-6-8-12;/h11-12,17-18H,3-10H2,1-2H3;1H. The molecule has 10 heteroatoms. The lowest BCUT2D eigenvalue weighted by atomic mass is 10.1. The van der Waals surface area contributed by atoms with Crippen LogP contribution in [0.3, 0.4) is 0 Å². The highest BCUT2D eigenvalue weighted by Crippen LogP contribution is 2.33. The molecule has 0 atom stereocenters. The van der Waals surface area contributed by atoms with Crippen LogP contribution in [0.25, 0.3) is 0 Å². The monoisotopic (exact) mass is 426 g/mol. The summed E-state index contributed by atoms with van der Waals surface area (Å²) in [7, 11) is -1.12. The number of halogens is 1. The van der Waals surface area contributed by atoms with Crippen LogP contribution in [0.4, 0.5) is 0 Å². The topological polar surface area (TPSA) is 93.7 Å². The third-order valence-electron chi connectivity index (χ3n) is 4.22. The first-order valence-corrected chi connectivity index (χ1v) is 10.8. The van der Waals surface area contributed by atoms with Crippen molar-refractivity contribution in [3.63, 3.8) is 0 Å². The quantitative estimate of drug-likeness (QED) is 0.377. The Morgan fingerprint density at radius 1 is 1.19 bits per heavy atom. The van der Waals surface area contributed by atoms with E-state index in [1.165, 1.54) is 46.0 Å². The van der Waals surface area contributed by atoms with Crippen LogP contribution in [0.1, 0.15) is 48.2 Å². The van der Waals surface area contributed by atoms with Gasteiger partial charge < -0.3 is 14.8 Å². The molecule has 1 aliphatic rings. The zero-order valence-corrected chi connectivity index (χ0v) is 17.5. The van der Waals surface area contributed by atoms with Crippen molar-refractivity contribution in [1.29, 1.82) is 0 Å². The molecule has 0 aliphatic heterocycles. The zero-order valence-electron chi connectivity index (χ0n) is 15.1. The first-order valence-electron chi connectivity index (χ1n) is 8.47.